The molecule has 1 aliphatic heterocycles. The summed E-state index contributed by atoms with van der Waals surface area (Å²) >= 11 is 0. The molecule has 0 aromatic heterocycles. The summed E-state index contributed by atoms with van der Waals surface area (Å²) in [5, 5.41) is 0. The second-order valence-corrected chi connectivity index (χ2v) is 5.78. The van der Waals surface area contributed by atoms with Crippen LogP contribution in [0.4, 0.5) is 0 Å². The standard InChI is InChI=1S/C17H26N2O2/c1-2-3-13-21-16(20)17(18)11-7-8-12-19(17)14-15-9-5-4-6-10-15/h4-6,9-10H,2-3,7-8,11-14,18H2,1H3. The molecule has 116 valence electrons. The maximum atomic E-state index is 12.4. The van der Waals surface area contributed by atoms with Crippen molar-refractivity contribution in [1.82, 2.24) is 4.90 Å². The van der Waals surface area contributed by atoms with Gasteiger partial charge in [0, 0.05) is 13.1 Å². The average Bonchev–Trinajstić information content (AvgIpc) is 2.51. The number of benzene rings is 1. The molecule has 1 heterocycles. The summed E-state index contributed by atoms with van der Waals surface area (Å²) < 4.78 is 5.39. The zero-order valence-electron chi connectivity index (χ0n) is 12.9. The van der Waals surface area contributed by atoms with Gasteiger partial charge in [-0.25, -0.2) is 4.79 Å². The number of unbranched alkanes of at least 4 members (excludes halogenated alkanes) is 1. The lowest BCUT2D eigenvalue weighted by Crippen LogP contribution is -2.63. The number of ether oxygens (including phenoxy) is 1. The summed E-state index contributed by atoms with van der Waals surface area (Å²) in [5.74, 6) is -0.272. The summed E-state index contributed by atoms with van der Waals surface area (Å²) in [6, 6.07) is 10.2. The third-order valence-electron chi connectivity index (χ3n) is 4.10. The SMILES string of the molecule is CCCCOC(=O)C1(N)CCCCN1Cc1ccccc1. The lowest BCUT2D eigenvalue weighted by Gasteiger charge is -2.42. The van der Waals surface area contributed by atoms with Gasteiger partial charge in [0.25, 0.3) is 0 Å². The Hall–Kier alpha value is -1.39. The number of piperidine rings is 1. The monoisotopic (exact) mass is 290 g/mol. The van der Waals surface area contributed by atoms with Crippen molar-refractivity contribution in [3.8, 4) is 0 Å². The van der Waals surface area contributed by atoms with Crippen LogP contribution in [-0.2, 0) is 16.1 Å². The van der Waals surface area contributed by atoms with E-state index in [0.717, 1.165) is 32.2 Å². The number of nitrogens with zero attached hydrogens (tertiary/aromatic N) is 1. The van der Waals surface area contributed by atoms with Gasteiger partial charge in [-0.05, 0) is 31.2 Å². The second-order valence-electron chi connectivity index (χ2n) is 5.78. The van der Waals surface area contributed by atoms with Crippen LogP contribution in [0.15, 0.2) is 30.3 Å². The second kappa shape index (κ2) is 7.57. The van der Waals surface area contributed by atoms with Gasteiger partial charge in [0.1, 0.15) is 0 Å². The van der Waals surface area contributed by atoms with E-state index in [2.05, 4.69) is 24.0 Å². The fourth-order valence-corrected chi connectivity index (χ4v) is 2.74. The maximum Gasteiger partial charge on any atom is 0.341 e. The maximum absolute atomic E-state index is 12.4. The van der Waals surface area contributed by atoms with Crippen LogP contribution in [0.3, 0.4) is 0 Å². The molecule has 0 saturated carbocycles. The van der Waals surface area contributed by atoms with Crippen LogP contribution in [0.1, 0.15) is 44.6 Å². The summed E-state index contributed by atoms with van der Waals surface area (Å²) in [6.45, 7) is 4.08. The van der Waals surface area contributed by atoms with Crippen LogP contribution in [0.2, 0.25) is 0 Å². The van der Waals surface area contributed by atoms with Gasteiger partial charge in [-0.15, -0.1) is 0 Å². The van der Waals surface area contributed by atoms with Gasteiger partial charge in [-0.3, -0.25) is 4.90 Å². The van der Waals surface area contributed by atoms with E-state index < -0.39 is 5.66 Å². The largest absolute Gasteiger partial charge is 0.463 e. The molecule has 0 bridgehead atoms. The third kappa shape index (κ3) is 4.05. The Morgan fingerprint density at radius 3 is 2.81 bits per heavy atom. The third-order valence-corrected chi connectivity index (χ3v) is 4.10. The quantitative estimate of drug-likeness (QED) is 0.646. The lowest BCUT2D eigenvalue weighted by molar-refractivity contribution is -0.161. The summed E-state index contributed by atoms with van der Waals surface area (Å²) in [4.78, 5) is 14.5. The van der Waals surface area contributed by atoms with Gasteiger partial charge in [-0.2, -0.15) is 0 Å². The van der Waals surface area contributed by atoms with E-state index in [0.29, 0.717) is 19.6 Å². The fraction of sp³-hybridized carbons (Fsp3) is 0.588. The van der Waals surface area contributed by atoms with Crippen LogP contribution < -0.4 is 5.73 Å². The molecule has 4 heteroatoms. The number of esters is 1. The number of carbonyl (C=O) groups excluding carboxylic acids is 1. The van der Waals surface area contributed by atoms with Crippen molar-refractivity contribution in [2.75, 3.05) is 13.2 Å². The summed E-state index contributed by atoms with van der Waals surface area (Å²) in [7, 11) is 0. The molecule has 2 rings (SSSR count). The fourth-order valence-electron chi connectivity index (χ4n) is 2.74. The first-order valence-electron chi connectivity index (χ1n) is 7.92. The highest BCUT2D eigenvalue weighted by Crippen LogP contribution is 2.27. The number of rotatable bonds is 6. The van der Waals surface area contributed by atoms with Gasteiger partial charge in [0.05, 0.1) is 6.61 Å². The molecule has 1 aliphatic rings. The number of likely N-dealkylation sites (tertiary alicyclic amines) is 1. The highest BCUT2D eigenvalue weighted by atomic mass is 16.5. The van der Waals surface area contributed by atoms with E-state index in [1.807, 2.05) is 18.2 Å². The first-order chi connectivity index (χ1) is 10.2. The van der Waals surface area contributed by atoms with E-state index in [1.165, 1.54) is 5.56 Å². The molecule has 1 fully saturated rings. The molecule has 0 spiro atoms. The molecule has 0 aliphatic carbocycles. The number of hydrogen-bond donors (Lipinski definition) is 1. The van der Waals surface area contributed by atoms with Crippen molar-refractivity contribution < 1.29 is 9.53 Å². The molecule has 1 aromatic carbocycles. The molecular formula is C17H26N2O2. The molecule has 2 N–H and O–H groups in total. The summed E-state index contributed by atoms with van der Waals surface area (Å²) in [5.41, 5.74) is 6.63. The minimum atomic E-state index is -0.970. The molecule has 0 amide bonds. The van der Waals surface area contributed by atoms with E-state index in [4.69, 9.17) is 10.5 Å². The van der Waals surface area contributed by atoms with Crippen LogP contribution in [0, 0.1) is 0 Å². The van der Waals surface area contributed by atoms with Gasteiger partial charge in [0.15, 0.2) is 5.66 Å². The van der Waals surface area contributed by atoms with E-state index >= 15 is 0 Å². The Kier molecular flexibility index (Phi) is 5.76. The van der Waals surface area contributed by atoms with E-state index in [1.54, 1.807) is 0 Å². The first-order valence-corrected chi connectivity index (χ1v) is 7.92. The lowest BCUT2D eigenvalue weighted by atomic mass is 9.95. The Balaban J connectivity index is 2.04. The molecule has 1 atom stereocenters. The first kappa shape index (κ1) is 16.0. The van der Waals surface area contributed by atoms with Gasteiger partial charge in [-0.1, -0.05) is 43.7 Å². The highest BCUT2D eigenvalue weighted by molar-refractivity contribution is 5.80. The zero-order chi connectivity index (χ0) is 15.1. The Morgan fingerprint density at radius 1 is 1.33 bits per heavy atom. The van der Waals surface area contributed by atoms with Crippen LogP contribution in [0.5, 0.6) is 0 Å². The predicted octanol–water partition coefficient (Wildman–Crippen LogP) is 2.67. The topological polar surface area (TPSA) is 55.6 Å². The molecule has 0 radical (unpaired) electrons. The van der Waals surface area contributed by atoms with E-state index in [9.17, 15) is 4.79 Å². The Morgan fingerprint density at radius 2 is 2.10 bits per heavy atom. The van der Waals surface area contributed by atoms with Crippen molar-refractivity contribution in [1.29, 1.82) is 0 Å². The van der Waals surface area contributed by atoms with Crippen molar-refractivity contribution in [2.45, 2.75) is 51.2 Å². The van der Waals surface area contributed by atoms with Crippen LogP contribution in [-0.4, -0.2) is 29.7 Å². The van der Waals surface area contributed by atoms with Crippen LogP contribution in [0.25, 0.3) is 0 Å². The molecular weight excluding hydrogens is 264 g/mol. The van der Waals surface area contributed by atoms with Gasteiger partial charge < -0.3 is 10.5 Å². The number of hydrogen-bond acceptors (Lipinski definition) is 4. The van der Waals surface area contributed by atoms with Crippen molar-refractivity contribution in [3.05, 3.63) is 35.9 Å². The van der Waals surface area contributed by atoms with Crippen LogP contribution >= 0.6 is 0 Å². The molecule has 1 aromatic rings. The van der Waals surface area contributed by atoms with Crippen molar-refractivity contribution >= 4 is 5.97 Å². The highest BCUT2D eigenvalue weighted by Gasteiger charge is 2.43. The minimum absolute atomic E-state index is 0.272. The van der Waals surface area contributed by atoms with Crippen molar-refractivity contribution in [2.24, 2.45) is 5.73 Å². The minimum Gasteiger partial charge on any atom is -0.463 e. The Labute approximate surface area is 127 Å². The summed E-state index contributed by atoms with van der Waals surface area (Å²) in [6.07, 6.45) is 4.63. The predicted molar refractivity (Wildman–Crippen MR) is 83.5 cm³/mol. The molecule has 1 unspecified atom stereocenters. The smallest absolute Gasteiger partial charge is 0.341 e. The molecule has 1 saturated heterocycles. The normalized spacial score (nSPS) is 23.0. The number of carbonyl (C=O) groups is 1. The van der Waals surface area contributed by atoms with E-state index in [-0.39, 0.29) is 5.97 Å². The van der Waals surface area contributed by atoms with Gasteiger partial charge in [0.2, 0.25) is 0 Å². The zero-order valence-corrected chi connectivity index (χ0v) is 12.9. The van der Waals surface area contributed by atoms with Gasteiger partial charge >= 0.3 is 5.97 Å². The number of nitrogens with two attached hydrogens (primary N) is 1. The molecule has 4 nitrogen and oxygen atoms in total. The van der Waals surface area contributed by atoms with Crippen molar-refractivity contribution in [3.63, 3.8) is 0 Å². The Bertz CT molecular complexity index is 449. The average molecular weight is 290 g/mol. The molecule has 21 heavy (non-hydrogen) atoms.